The molecule has 0 aliphatic rings. The van der Waals surface area contributed by atoms with E-state index >= 15 is 0 Å². The van der Waals surface area contributed by atoms with Crippen molar-refractivity contribution in [2.45, 2.75) is 4.90 Å². The zero-order valence-electron chi connectivity index (χ0n) is 13.8. The van der Waals surface area contributed by atoms with Crippen LogP contribution in [0, 0.1) is 0 Å². The maximum absolute atomic E-state index is 12.8. The number of anilines is 1. The van der Waals surface area contributed by atoms with E-state index in [9.17, 15) is 13.2 Å². The third-order valence-corrected chi connectivity index (χ3v) is 5.80. The lowest BCUT2D eigenvalue weighted by molar-refractivity contribution is 0.417. The van der Waals surface area contributed by atoms with Gasteiger partial charge in [-0.2, -0.15) is 0 Å². The second kappa shape index (κ2) is 6.12. The second-order valence-electron chi connectivity index (χ2n) is 5.48. The van der Waals surface area contributed by atoms with Gasteiger partial charge in [-0.25, -0.2) is 13.2 Å². The predicted molar refractivity (Wildman–Crippen MR) is 97.0 cm³/mol. The van der Waals surface area contributed by atoms with Crippen LogP contribution < -0.4 is 15.1 Å². The van der Waals surface area contributed by atoms with Crippen molar-refractivity contribution >= 4 is 38.3 Å². The first-order chi connectivity index (χ1) is 11.8. The van der Waals surface area contributed by atoms with Gasteiger partial charge in [0.1, 0.15) is 10.6 Å². The monoisotopic (exact) mass is 381 g/mol. The van der Waals surface area contributed by atoms with E-state index in [0.29, 0.717) is 22.5 Å². The number of benzene rings is 2. The van der Waals surface area contributed by atoms with Crippen LogP contribution in [0.2, 0.25) is 5.02 Å². The van der Waals surface area contributed by atoms with Crippen LogP contribution in [0.4, 0.5) is 5.69 Å². The fourth-order valence-corrected chi connectivity index (χ4v) is 4.25. The number of hydrogen-bond donors (Lipinski definition) is 1. The summed E-state index contributed by atoms with van der Waals surface area (Å²) in [5.41, 5.74) is 1.05. The van der Waals surface area contributed by atoms with Gasteiger partial charge in [0.15, 0.2) is 0 Å². The molecule has 0 radical (unpaired) electrons. The van der Waals surface area contributed by atoms with Crippen molar-refractivity contribution in [3.63, 3.8) is 0 Å². The number of imidazole rings is 1. The lowest BCUT2D eigenvalue weighted by Gasteiger charge is -2.13. The Morgan fingerprint density at radius 3 is 2.32 bits per heavy atom. The number of ether oxygens (including phenoxy) is 1. The average Bonchev–Trinajstić information content (AvgIpc) is 2.78. The number of para-hydroxylation sites is 2. The molecule has 0 bridgehead atoms. The molecule has 0 aliphatic carbocycles. The molecule has 2 aromatic carbocycles. The minimum atomic E-state index is -3.97. The molecule has 9 heteroatoms. The predicted octanol–water partition coefficient (Wildman–Crippen LogP) is 2.34. The van der Waals surface area contributed by atoms with Crippen molar-refractivity contribution in [1.29, 1.82) is 0 Å². The maximum atomic E-state index is 12.8. The van der Waals surface area contributed by atoms with Crippen molar-refractivity contribution in [2.75, 3.05) is 11.8 Å². The van der Waals surface area contributed by atoms with Crippen LogP contribution >= 0.6 is 11.6 Å². The highest BCUT2D eigenvalue weighted by Gasteiger charge is 2.22. The van der Waals surface area contributed by atoms with Gasteiger partial charge in [0.2, 0.25) is 0 Å². The molecule has 25 heavy (non-hydrogen) atoms. The molecule has 1 heterocycles. The summed E-state index contributed by atoms with van der Waals surface area (Å²) in [5.74, 6) is 0.385. The number of nitrogens with zero attached hydrogens (tertiary/aromatic N) is 2. The van der Waals surface area contributed by atoms with Gasteiger partial charge < -0.3 is 4.74 Å². The molecular weight excluding hydrogens is 366 g/mol. The first-order valence-corrected chi connectivity index (χ1v) is 9.13. The summed E-state index contributed by atoms with van der Waals surface area (Å²) in [6, 6.07) is 9.50. The first kappa shape index (κ1) is 17.4. The van der Waals surface area contributed by atoms with Gasteiger partial charge in [-0.05, 0) is 24.3 Å². The molecule has 3 aromatic rings. The number of fused-ring (bicyclic) bond motifs is 1. The smallest absolute Gasteiger partial charge is 0.328 e. The Morgan fingerprint density at radius 1 is 1.08 bits per heavy atom. The molecule has 1 N–H and O–H groups in total. The summed E-state index contributed by atoms with van der Waals surface area (Å²) in [4.78, 5) is 11.9. The van der Waals surface area contributed by atoms with Crippen LogP contribution in [0.25, 0.3) is 11.0 Å². The Morgan fingerprint density at radius 2 is 1.68 bits per heavy atom. The second-order valence-corrected chi connectivity index (χ2v) is 7.54. The van der Waals surface area contributed by atoms with E-state index in [1.54, 1.807) is 38.4 Å². The molecule has 0 atom stereocenters. The van der Waals surface area contributed by atoms with E-state index in [-0.39, 0.29) is 15.6 Å². The van der Waals surface area contributed by atoms with Crippen molar-refractivity contribution in [1.82, 2.24) is 9.13 Å². The van der Waals surface area contributed by atoms with Gasteiger partial charge in [0.25, 0.3) is 10.0 Å². The lowest BCUT2D eigenvalue weighted by atomic mass is 10.3. The molecular formula is C16H16ClN3O4S. The minimum Gasteiger partial charge on any atom is -0.495 e. The fourth-order valence-electron chi connectivity index (χ4n) is 2.64. The van der Waals surface area contributed by atoms with Crippen molar-refractivity contribution < 1.29 is 13.2 Å². The molecule has 0 unspecified atom stereocenters. The largest absolute Gasteiger partial charge is 0.495 e. The highest BCUT2D eigenvalue weighted by atomic mass is 35.5. The zero-order valence-corrected chi connectivity index (χ0v) is 15.4. The summed E-state index contributed by atoms with van der Waals surface area (Å²) in [6.07, 6.45) is 0. The summed E-state index contributed by atoms with van der Waals surface area (Å²) in [7, 11) is 0.647. The fraction of sp³-hybridized carbons (Fsp3) is 0.188. The standard InChI is InChI=1S/C16H16ClN3O4S/c1-19-12-8-10(17)15(9-13(12)20(2)16(19)21)25(22,23)18-11-6-4-5-7-14(11)24-3/h4-9,18H,1-3H3. The SMILES string of the molecule is COc1ccccc1NS(=O)(=O)c1cc2c(cc1Cl)n(C)c(=O)n2C. The van der Waals surface area contributed by atoms with Crippen LogP contribution in [0.1, 0.15) is 0 Å². The molecule has 0 saturated carbocycles. The number of rotatable bonds is 4. The summed E-state index contributed by atoms with van der Waals surface area (Å²) in [6.45, 7) is 0. The van der Waals surface area contributed by atoms with E-state index in [0.717, 1.165) is 0 Å². The normalized spacial score (nSPS) is 11.7. The average molecular weight is 382 g/mol. The van der Waals surface area contributed by atoms with Crippen molar-refractivity contribution in [3.05, 3.63) is 51.9 Å². The van der Waals surface area contributed by atoms with E-state index in [1.807, 2.05) is 0 Å². The topological polar surface area (TPSA) is 82.3 Å². The van der Waals surface area contributed by atoms with Gasteiger partial charge in [-0.1, -0.05) is 23.7 Å². The van der Waals surface area contributed by atoms with Crippen LogP contribution in [-0.2, 0) is 24.1 Å². The number of hydrogen-bond acceptors (Lipinski definition) is 4. The highest BCUT2D eigenvalue weighted by molar-refractivity contribution is 7.92. The molecule has 0 saturated heterocycles. The Labute approximate surface area is 149 Å². The van der Waals surface area contributed by atoms with E-state index in [1.165, 1.54) is 28.4 Å². The Balaban J connectivity index is 2.16. The lowest BCUT2D eigenvalue weighted by Crippen LogP contribution is -2.19. The van der Waals surface area contributed by atoms with E-state index < -0.39 is 10.0 Å². The molecule has 7 nitrogen and oxygen atoms in total. The first-order valence-electron chi connectivity index (χ1n) is 7.27. The molecule has 3 rings (SSSR count). The number of aromatic nitrogens is 2. The molecule has 0 amide bonds. The summed E-state index contributed by atoms with van der Waals surface area (Å²) < 4.78 is 36.0. The number of methoxy groups -OCH3 is 1. The molecule has 132 valence electrons. The highest BCUT2D eigenvalue weighted by Crippen LogP contribution is 2.31. The molecule has 0 fully saturated rings. The summed E-state index contributed by atoms with van der Waals surface area (Å²) >= 11 is 6.19. The van der Waals surface area contributed by atoms with Crippen LogP contribution in [0.5, 0.6) is 5.75 Å². The van der Waals surface area contributed by atoms with Gasteiger partial charge >= 0.3 is 5.69 Å². The molecule has 0 spiro atoms. The van der Waals surface area contributed by atoms with Gasteiger partial charge in [0, 0.05) is 14.1 Å². The Bertz CT molecular complexity index is 1130. The Kier molecular flexibility index (Phi) is 4.26. The van der Waals surface area contributed by atoms with Crippen molar-refractivity contribution in [2.24, 2.45) is 14.1 Å². The van der Waals surface area contributed by atoms with Gasteiger partial charge in [0.05, 0.1) is 28.9 Å². The van der Waals surface area contributed by atoms with Gasteiger partial charge in [-0.15, -0.1) is 0 Å². The van der Waals surface area contributed by atoms with Crippen LogP contribution in [-0.4, -0.2) is 24.7 Å². The molecule has 0 aliphatic heterocycles. The van der Waals surface area contributed by atoms with Crippen molar-refractivity contribution in [3.8, 4) is 5.75 Å². The Hall–Kier alpha value is -2.45. The van der Waals surface area contributed by atoms with E-state index in [2.05, 4.69) is 4.72 Å². The minimum absolute atomic E-state index is 0.0242. The number of halogens is 1. The maximum Gasteiger partial charge on any atom is 0.328 e. The number of nitrogens with one attached hydrogen (secondary N) is 1. The molecule has 1 aromatic heterocycles. The quantitative estimate of drug-likeness (QED) is 0.752. The van der Waals surface area contributed by atoms with Crippen LogP contribution in [0.15, 0.2) is 46.1 Å². The van der Waals surface area contributed by atoms with E-state index in [4.69, 9.17) is 16.3 Å². The third-order valence-electron chi connectivity index (χ3n) is 3.97. The number of aryl methyl sites for hydroxylation is 2. The third kappa shape index (κ3) is 2.87. The van der Waals surface area contributed by atoms with Crippen LogP contribution in [0.3, 0.4) is 0 Å². The zero-order chi connectivity index (χ0) is 18.4. The summed E-state index contributed by atoms with van der Waals surface area (Å²) in [5, 5.41) is 0.0242. The van der Waals surface area contributed by atoms with Gasteiger partial charge in [-0.3, -0.25) is 13.9 Å². The number of sulfonamides is 1.